The van der Waals surface area contributed by atoms with Gasteiger partial charge in [-0.1, -0.05) is 29.8 Å². The third-order valence-corrected chi connectivity index (χ3v) is 3.23. The number of aliphatic hydroxyl groups is 1. The van der Waals surface area contributed by atoms with Crippen molar-refractivity contribution in [3.8, 4) is 0 Å². The van der Waals surface area contributed by atoms with E-state index < -0.39 is 6.10 Å². The lowest BCUT2D eigenvalue weighted by Crippen LogP contribution is -2.17. The molecule has 0 saturated carbocycles. The molecule has 2 rings (SSSR count). The second-order valence-corrected chi connectivity index (χ2v) is 5.04. The van der Waals surface area contributed by atoms with Crippen LogP contribution in [0, 0.1) is 0 Å². The van der Waals surface area contributed by atoms with Crippen molar-refractivity contribution >= 4 is 17.4 Å². The van der Waals surface area contributed by atoms with Crippen LogP contribution >= 0.6 is 11.6 Å². The van der Waals surface area contributed by atoms with Gasteiger partial charge >= 0.3 is 0 Å². The van der Waals surface area contributed by atoms with Gasteiger partial charge in [0, 0.05) is 24.8 Å². The molecule has 1 N–H and O–H groups in total. The lowest BCUT2D eigenvalue weighted by atomic mass is 10.2. The van der Waals surface area contributed by atoms with Crippen molar-refractivity contribution in [2.45, 2.75) is 19.6 Å². The Morgan fingerprint density at radius 3 is 2.42 bits per heavy atom. The van der Waals surface area contributed by atoms with Gasteiger partial charge in [-0.15, -0.1) is 0 Å². The molecule has 0 aliphatic rings. The summed E-state index contributed by atoms with van der Waals surface area (Å²) in [5, 5.41) is 10.2. The summed E-state index contributed by atoms with van der Waals surface area (Å²) < 4.78 is 0. The van der Waals surface area contributed by atoms with Crippen LogP contribution in [0.25, 0.3) is 0 Å². The van der Waals surface area contributed by atoms with Gasteiger partial charge in [0.05, 0.1) is 6.10 Å². The second-order valence-electron chi connectivity index (χ2n) is 4.61. The van der Waals surface area contributed by atoms with Crippen LogP contribution in [0.4, 0.5) is 5.82 Å². The summed E-state index contributed by atoms with van der Waals surface area (Å²) in [5.74, 6) is 0.874. The molecular weight excluding hydrogens is 260 g/mol. The first kappa shape index (κ1) is 13.8. The first-order valence-corrected chi connectivity index (χ1v) is 6.53. The minimum atomic E-state index is -0.483. The summed E-state index contributed by atoms with van der Waals surface area (Å²) in [7, 11) is 1.99. The zero-order chi connectivity index (χ0) is 13.8. The zero-order valence-electron chi connectivity index (χ0n) is 11.0. The fourth-order valence-electron chi connectivity index (χ4n) is 1.82. The van der Waals surface area contributed by atoms with Crippen LogP contribution in [0.5, 0.6) is 0 Å². The van der Waals surface area contributed by atoms with Crippen LogP contribution in [0.3, 0.4) is 0 Å². The number of halogens is 1. The number of rotatable bonds is 4. The van der Waals surface area contributed by atoms with Crippen molar-refractivity contribution in [2.24, 2.45) is 0 Å². The molecule has 1 aromatic heterocycles. The summed E-state index contributed by atoms with van der Waals surface area (Å²) in [6, 6.07) is 11.6. The molecule has 100 valence electrons. The maximum atomic E-state index is 9.45. The average molecular weight is 277 g/mol. The normalized spacial score (nSPS) is 12.2. The van der Waals surface area contributed by atoms with Crippen molar-refractivity contribution in [1.82, 2.24) is 4.98 Å². The Labute approximate surface area is 118 Å². The Bertz CT molecular complexity index is 523. The number of hydrogen-bond donors (Lipinski definition) is 1. The third-order valence-electron chi connectivity index (χ3n) is 2.98. The van der Waals surface area contributed by atoms with Crippen molar-refractivity contribution in [1.29, 1.82) is 0 Å². The maximum absolute atomic E-state index is 9.45. The van der Waals surface area contributed by atoms with Gasteiger partial charge in [0.1, 0.15) is 5.82 Å². The van der Waals surface area contributed by atoms with E-state index in [2.05, 4.69) is 9.88 Å². The Morgan fingerprint density at radius 1 is 1.21 bits per heavy atom. The topological polar surface area (TPSA) is 36.4 Å². The van der Waals surface area contributed by atoms with Crippen LogP contribution in [-0.4, -0.2) is 17.1 Å². The van der Waals surface area contributed by atoms with Gasteiger partial charge in [-0.25, -0.2) is 4.98 Å². The molecule has 0 aliphatic carbocycles. The summed E-state index contributed by atoms with van der Waals surface area (Å²) in [6.45, 7) is 2.49. The van der Waals surface area contributed by atoms with E-state index in [4.69, 9.17) is 11.6 Å². The van der Waals surface area contributed by atoms with Crippen LogP contribution in [-0.2, 0) is 6.54 Å². The number of aliphatic hydroxyl groups excluding tert-OH is 1. The summed E-state index contributed by atoms with van der Waals surface area (Å²) in [6.07, 6.45) is 1.22. The molecule has 2 aromatic rings. The number of benzene rings is 1. The highest BCUT2D eigenvalue weighted by molar-refractivity contribution is 6.30. The Balaban J connectivity index is 2.07. The van der Waals surface area contributed by atoms with E-state index in [9.17, 15) is 5.11 Å². The molecule has 0 radical (unpaired) electrons. The van der Waals surface area contributed by atoms with Crippen LogP contribution < -0.4 is 4.90 Å². The average Bonchev–Trinajstić information content (AvgIpc) is 2.41. The van der Waals surface area contributed by atoms with Gasteiger partial charge in [0.15, 0.2) is 0 Å². The largest absolute Gasteiger partial charge is 0.389 e. The van der Waals surface area contributed by atoms with E-state index in [1.165, 1.54) is 5.56 Å². The molecule has 0 unspecified atom stereocenters. The van der Waals surface area contributed by atoms with Gasteiger partial charge in [0.25, 0.3) is 0 Å². The molecule has 19 heavy (non-hydrogen) atoms. The quantitative estimate of drug-likeness (QED) is 0.929. The Hall–Kier alpha value is -1.58. The number of pyridine rings is 1. The first-order chi connectivity index (χ1) is 9.06. The first-order valence-electron chi connectivity index (χ1n) is 6.16. The van der Waals surface area contributed by atoms with E-state index in [0.29, 0.717) is 0 Å². The van der Waals surface area contributed by atoms with Crippen molar-refractivity contribution < 1.29 is 5.11 Å². The van der Waals surface area contributed by atoms with E-state index in [1.54, 1.807) is 13.1 Å². The number of aromatic nitrogens is 1. The van der Waals surface area contributed by atoms with E-state index >= 15 is 0 Å². The highest BCUT2D eigenvalue weighted by Gasteiger charge is 2.05. The highest BCUT2D eigenvalue weighted by atomic mass is 35.5. The van der Waals surface area contributed by atoms with E-state index in [-0.39, 0.29) is 0 Å². The molecule has 0 saturated heterocycles. The molecular formula is C15H17ClN2O. The second kappa shape index (κ2) is 6.04. The molecule has 0 aliphatic heterocycles. The van der Waals surface area contributed by atoms with Crippen LogP contribution in [0.2, 0.25) is 5.02 Å². The Kier molecular flexibility index (Phi) is 4.40. The van der Waals surface area contributed by atoms with Gasteiger partial charge in [0.2, 0.25) is 0 Å². The molecule has 0 spiro atoms. The van der Waals surface area contributed by atoms with Crippen LogP contribution in [0.15, 0.2) is 42.6 Å². The summed E-state index contributed by atoms with van der Waals surface area (Å²) in [4.78, 5) is 6.40. The molecule has 0 fully saturated rings. The lowest BCUT2D eigenvalue weighted by molar-refractivity contribution is 0.199. The molecule has 1 atom stereocenters. The standard InChI is InChI=1S/C15H17ClN2O/c1-11(19)13-5-8-15(17-9-13)18(2)10-12-3-6-14(16)7-4-12/h3-9,11,19H,10H2,1-2H3/t11-/m1/s1. The minimum Gasteiger partial charge on any atom is -0.389 e. The number of nitrogens with zero attached hydrogens (tertiary/aromatic N) is 2. The highest BCUT2D eigenvalue weighted by Crippen LogP contribution is 2.17. The van der Waals surface area contributed by atoms with Gasteiger partial charge in [-0.3, -0.25) is 0 Å². The van der Waals surface area contributed by atoms with E-state index in [1.807, 2.05) is 43.4 Å². The maximum Gasteiger partial charge on any atom is 0.128 e. The van der Waals surface area contributed by atoms with Gasteiger partial charge in [-0.05, 0) is 36.2 Å². The van der Waals surface area contributed by atoms with Crippen molar-refractivity contribution in [3.63, 3.8) is 0 Å². The van der Waals surface area contributed by atoms with E-state index in [0.717, 1.165) is 22.9 Å². The predicted octanol–water partition coefficient (Wildman–Crippen LogP) is 3.42. The molecule has 3 nitrogen and oxygen atoms in total. The SMILES string of the molecule is C[C@@H](O)c1ccc(N(C)Cc2ccc(Cl)cc2)nc1. The minimum absolute atomic E-state index is 0.483. The zero-order valence-corrected chi connectivity index (χ0v) is 11.8. The number of anilines is 1. The number of hydrogen-bond acceptors (Lipinski definition) is 3. The molecule has 1 aromatic carbocycles. The monoisotopic (exact) mass is 276 g/mol. The lowest BCUT2D eigenvalue weighted by Gasteiger charge is -2.18. The molecule has 4 heteroatoms. The fourth-order valence-corrected chi connectivity index (χ4v) is 1.94. The van der Waals surface area contributed by atoms with Crippen LogP contribution in [0.1, 0.15) is 24.2 Å². The van der Waals surface area contributed by atoms with Gasteiger partial charge in [-0.2, -0.15) is 0 Å². The molecule has 0 amide bonds. The van der Waals surface area contributed by atoms with Crippen molar-refractivity contribution in [2.75, 3.05) is 11.9 Å². The fraction of sp³-hybridized carbons (Fsp3) is 0.267. The molecule has 1 heterocycles. The summed E-state index contributed by atoms with van der Waals surface area (Å²) >= 11 is 5.86. The molecule has 0 bridgehead atoms. The predicted molar refractivity (Wildman–Crippen MR) is 78.4 cm³/mol. The third kappa shape index (κ3) is 3.69. The van der Waals surface area contributed by atoms with Crippen molar-refractivity contribution in [3.05, 3.63) is 58.7 Å². The Morgan fingerprint density at radius 2 is 1.89 bits per heavy atom. The summed E-state index contributed by atoms with van der Waals surface area (Å²) in [5.41, 5.74) is 2.00. The van der Waals surface area contributed by atoms with Gasteiger partial charge < -0.3 is 10.0 Å². The smallest absolute Gasteiger partial charge is 0.128 e.